The van der Waals surface area contributed by atoms with Crippen LogP contribution in [0.3, 0.4) is 0 Å². The van der Waals surface area contributed by atoms with Crippen LogP contribution in [0.1, 0.15) is 19.8 Å². The fourth-order valence-electron chi connectivity index (χ4n) is 4.19. The molecule has 1 fully saturated rings. The number of amides is 1. The van der Waals surface area contributed by atoms with E-state index in [1.54, 1.807) is 31.4 Å². The van der Waals surface area contributed by atoms with E-state index >= 15 is 0 Å². The Balaban J connectivity index is 1.63. The standard InChI is InChI=1S/C24H28N4O4/c1-16-7-6-12-27(14-16)23-18-8-4-5-9-19(18)24(30)28(26-23)15-22(29)25-17-10-11-20(31-2)21(13-17)32-3/h4-5,8-11,13,16H,6-7,12,14-15H2,1-3H3,(H,25,29). The molecule has 1 amide bonds. The predicted molar refractivity (Wildman–Crippen MR) is 125 cm³/mol. The van der Waals surface area contributed by atoms with Crippen LogP contribution in [-0.4, -0.2) is 43.0 Å². The van der Waals surface area contributed by atoms with E-state index < -0.39 is 0 Å². The molecular weight excluding hydrogens is 408 g/mol. The molecule has 8 nitrogen and oxygen atoms in total. The van der Waals surface area contributed by atoms with Gasteiger partial charge in [0.25, 0.3) is 5.56 Å². The van der Waals surface area contributed by atoms with Gasteiger partial charge < -0.3 is 19.7 Å². The topological polar surface area (TPSA) is 85.7 Å². The number of nitrogens with one attached hydrogen (secondary N) is 1. The molecule has 0 bridgehead atoms. The minimum absolute atomic E-state index is 0.186. The summed E-state index contributed by atoms with van der Waals surface area (Å²) in [6, 6.07) is 12.6. The summed E-state index contributed by atoms with van der Waals surface area (Å²) < 4.78 is 11.8. The molecule has 0 radical (unpaired) electrons. The summed E-state index contributed by atoms with van der Waals surface area (Å²) in [5.74, 6) is 2.04. The number of methoxy groups -OCH3 is 2. The summed E-state index contributed by atoms with van der Waals surface area (Å²) in [6.07, 6.45) is 2.26. The van der Waals surface area contributed by atoms with Crippen molar-refractivity contribution in [1.29, 1.82) is 0 Å². The lowest BCUT2D eigenvalue weighted by Crippen LogP contribution is -2.38. The molecule has 0 saturated carbocycles. The molecule has 0 spiro atoms. The van der Waals surface area contributed by atoms with Crippen molar-refractivity contribution < 1.29 is 14.3 Å². The van der Waals surface area contributed by atoms with Gasteiger partial charge in [0.05, 0.1) is 19.6 Å². The Morgan fingerprint density at radius 1 is 1.12 bits per heavy atom. The molecular formula is C24H28N4O4. The third-order valence-corrected chi connectivity index (χ3v) is 5.77. The highest BCUT2D eigenvalue weighted by atomic mass is 16.5. The van der Waals surface area contributed by atoms with E-state index in [1.165, 1.54) is 18.2 Å². The lowest BCUT2D eigenvalue weighted by atomic mass is 10.00. The Morgan fingerprint density at radius 3 is 2.59 bits per heavy atom. The largest absolute Gasteiger partial charge is 0.493 e. The third-order valence-electron chi connectivity index (χ3n) is 5.77. The van der Waals surface area contributed by atoms with Crippen molar-refractivity contribution in [3.8, 4) is 11.5 Å². The molecule has 32 heavy (non-hydrogen) atoms. The highest BCUT2D eigenvalue weighted by molar-refractivity contribution is 5.93. The Hall–Kier alpha value is -3.55. The molecule has 4 rings (SSSR count). The second-order valence-corrected chi connectivity index (χ2v) is 8.14. The minimum atomic E-state index is -0.347. The zero-order chi connectivity index (χ0) is 22.7. The van der Waals surface area contributed by atoms with Crippen LogP contribution in [0.4, 0.5) is 11.5 Å². The van der Waals surface area contributed by atoms with Gasteiger partial charge in [-0.3, -0.25) is 9.59 Å². The number of anilines is 2. The van der Waals surface area contributed by atoms with Gasteiger partial charge in [0.2, 0.25) is 5.91 Å². The van der Waals surface area contributed by atoms with Crippen molar-refractivity contribution in [2.75, 3.05) is 37.5 Å². The fraction of sp³-hybridized carbons (Fsp3) is 0.375. The van der Waals surface area contributed by atoms with Gasteiger partial charge >= 0.3 is 0 Å². The van der Waals surface area contributed by atoms with Gasteiger partial charge in [-0.15, -0.1) is 0 Å². The fourth-order valence-corrected chi connectivity index (χ4v) is 4.19. The molecule has 1 saturated heterocycles. The molecule has 1 aliphatic rings. The van der Waals surface area contributed by atoms with Gasteiger partial charge in [0.15, 0.2) is 17.3 Å². The molecule has 2 aromatic carbocycles. The number of hydrogen-bond acceptors (Lipinski definition) is 6. The summed E-state index contributed by atoms with van der Waals surface area (Å²) in [5.41, 5.74) is 0.267. The maximum atomic E-state index is 13.1. The molecule has 1 N–H and O–H groups in total. The van der Waals surface area contributed by atoms with Gasteiger partial charge in [-0.2, -0.15) is 5.10 Å². The van der Waals surface area contributed by atoms with Crippen molar-refractivity contribution in [1.82, 2.24) is 9.78 Å². The van der Waals surface area contributed by atoms with Gasteiger partial charge in [0, 0.05) is 30.2 Å². The van der Waals surface area contributed by atoms with Crippen molar-refractivity contribution in [3.63, 3.8) is 0 Å². The summed E-state index contributed by atoms with van der Waals surface area (Å²) in [7, 11) is 3.08. The van der Waals surface area contributed by atoms with Crippen LogP contribution >= 0.6 is 0 Å². The van der Waals surface area contributed by atoms with E-state index in [0.717, 1.165) is 30.7 Å². The Labute approximate surface area is 186 Å². The highest BCUT2D eigenvalue weighted by Crippen LogP contribution is 2.30. The first-order valence-electron chi connectivity index (χ1n) is 10.8. The van der Waals surface area contributed by atoms with E-state index in [2.05, 4.69) is 22.2 Å². The average molecular weight is 437 g/mol. The maximum Gasteiger partial charge on any atom is 0.275 e. The average Bonchev–Trinajstić information content (AvgIpc) is 2.80. The zero-order valence-electron chi connectivity index (χ0n) is 18.6. The highest BCUT2D eigenvalue weighted by Gasteiger charge is 2.22. The molecule has 3 aromatic rings. The first kappa shape index (κ1) is 21.7. The van der Waals surface area contributed by atoms with Crippen LogP contribution < -0.4 is 25.2 Å². The number of ether oxygens (including phenoxy) is 2. The van der Waals surface area contributed by atoms with E-state index in [4.69, 9.17) is 9.47 Å². The monoisotopic (exact) mass is 436 g/mol. The number of fused-ring (bicyclic) bond motifs is 1. The summed E-state index contributed by atoms with van der Waals surface area (Å²) in [6.45, 7) is 3.81. The van der Waals surface area contributed by atoms with Crippen LogP contribution in [0.25, 0.3) is 10.8 Å². The normalized spacial score (nSPS) is 16.1. The van der Waals surface area contributed by atoms with Gasteiger partial charge in [0.1, 0.15) is 6.54 Å². The summed E-state index contributed by atoms with van der Waals surface area (Å²) in [4.78, 5) is 28.1. The van der Waals surface area contributed by atoms with Gasteiger partial charge in [-0.1, -0.05) is 25.1 Å². The van der Waals surface area contributed by atoms with Crippen LogP contribution in [0, 0.1) is 5.92 Å². The van der Waals surface area contributed by atoms with E-state index in [-0.39, 0.29) is 18.0 Å². The number of hydrogen-bond donors (Lipinski definition) is 1. The number of carbonyl (C=O) groups excluding carboxylic acids is 1. The van der Waals surface area contributed by atoms with Crippen LogP contribution in [0.15, 0.2) is 47.3 Å². The van der Waals surface area contributed by atoms with Crippen LogP contribution in [-0.2, 0) is 11.3 Å². The summed E-state index contributed by atoms with van der Waals surface area (Å²) >= 11 is 0. The Morgan fingerprint density at radius 2 is 1.88 bits per heavy atom. The first-order chi connectivity index (χ1) is 15.5. The zero-order valence-corrected chi connectivity index (χ0v) is 18.6. The number of piperidine rings is 1. The molecule has 168 valence electrons. The number of carbonyl (C=O) groups is 1. The van der Waals surface area contributed by atoms with E-state index in [1.807, 2.05) is 18.2 Å². The molecule has 1 atom stereocenters. The van der Waals surface area contributed by atoms with Crippen molar-refractivity contribution >= 4 is 28.2 Å². The number of benzene rings is 2. The first-order valence-corrected chi connectivity index (χ1v) is 10.8. The minimum Gasteiger partial charge on any atom is -0.493 e. The lowest BCUT2D eigenvalue weighted by Gasteiger charge is -2.32. The summed E-state index contributed by atoms with van der Waals surface area (Å²) in [5, 5.41) is 8.82. The van der Waals surface area contributed by atoms with Crippen LogP contribution in [0.2, 0.25) is 0 Å². The lowest BCUT2D eigenvalue weighted by molar-refractivity contribution is -0.117. The quantitative estimate of drug-likeness (QED) is 0.638. The Kier molecular flexibility index (Phi) is 6.30. The van der Waals surface area contributed by atoms with Crippen molar-refractivity contribution in [3.05, 3.63) is 52.8 Å². The molecule has 8 heteroatoms. The van der Waals surface area contributed by atoms with Gasteiger partial charge in [-0.25, -0.2) is 4.68 Å². The maximum absolute atomic E-state index is 13.1. The molecule has 0 aliphatic carbocycles. The van der Waals surface area contributed by atoms with E-state index in [0.29, 0.717) is 28.5 Å². The number of aromatic nitrogens is 2. The predicted octanol–water partition coefficient (Wildman–Crippen LogP) is 3.29. The Bertz CT molecular complexity index is 1190. The molecule has 1 aromatic heterocycles. The third kappa shape index (κ3) is 4.39. The number of rotatable bonds is 6. The molecule has 2 heterocycles. The molecule has 1 aliphatic heterocycles. The molecule has 1 unspecified atom stereocenters. The number of nitrogens with zero attached hydrogens (tertiary/aromatic N) is 3. The van der Waals surface area contributed by atoms with Gasteiger partial charge in [-0.05, 0) is 37.0 Å². The second-order valence-electron chi connectivity index (χ2n) is 8.14. The van der Waals surface area contributed by atoms with E-state index in [9.17, 15) is 9.59 Å². The van der Waals surface area contributed by atoms with Crippen molar-refractivity contribution in [2.24, 2.45) is 5.92 Å². The van der Waals surface area contributed by atoms with Crippen LogP contribution in [0.5, 0.6) is 11.5 Å². The van der Waals surface area contributed by atoms with Crippen molar-refractivity contribution in [2.45, 2.75) is 26.3 Å². The smallest absolute Gasteiger partial charge is 0.275 e. The SMILES string of the molecule is COc1ccc(NC(=O)Cn2nc(N3CCCC(C)C3)c3ccccc3c2=O)cc1OC. The second kappa shape index (κ2) is 9.30.